The van der Waals surface area contributed by atoms with Crippen LogP contribution < -0.4 is 5.73 Å². The number of carbonyl (C=O) groups excluding carboxylic acids is 1. The highest BCUT2D eigenvalue weighted by atomic mass is 32.1. The van der Waals surface area contributed by atoms with Gasteiger partial charge in [-0.1, -0.05) is 84.9 Å². The minimum absolute atomic E-state index is 0.167. The van der Waals surface area contributed by atoms with Crippen LogP contribution in [0.2, 0.25) is 0 Å². The molecule has 0 fully saturated rings. The summed E-state index contributed by atoms with van der Waals surface area (Å²) in [6, 6.07) is 37.1. The van der Waals surface area contributed by atoms with Crippen LogP contribution in [-0.2, 0) is 4.79 Å². The average molecular weight is 539 g/mol. The van der Waals surface area contributed by atoms with Gasteiger partial charge in [0.25, 0.3) is 0 Å². The molecule has 0 amide bonds. The lowest BCUT2D eigenvalue weighted by molar-refractivity contribution is -0.114. The van der Waals surface area contributed by atoms with Crippen molar-refractivity contribution in [1.82, 2.24) is 9.97 Å². The molecule has 2 aromatic heterocycles. The Bertz CT molecular complexity index is 1400. The number of carbonyl (C=O) groups is 1. The maximum atomic E-state index is 9.44. The van der Waals surface area contributed by atoms with Crippen molar-refractivity contribution in [3.8, 4) is 21.1 Å². The lowest BCUT2D eigenvalue weighted by atomic mass is 10.2. The van der Waals surface area contributed by atoms with Gasteiger partial charge in [0.15, 0.2) is 0 Å². The Kier molecular flexibility index (Phi) is 10.8. The first-order valence-corrected chi connectivity index (χ1v) is 13.6. The minimum Gasteiger partial charge on any atom is -0.388 e. The summed E-state index contributed by atoms with van der Waals surface area (Å²) in [7, 11) is 0. The smallest absolute Gasteiger partial charge is 0.126 e. The predicted octanol–water partition coefficient (Wildman–Crippen LogP) is 8.46. The van der Waals surface area contributed by atoms with E-state index in [-0.39, 0.29) is 11.6 Å². The molecule has 0 bridgehead atoms. The number of para-hydroxylation sites is 2. The number of benzene rings is 4. The van der Waals surface area contributed by atoms with Crippen molar-refractivity contribution in [2.45, 2.75) is 20.8 Å². The predicted molar refractivity (Wildman–Crippen MR) is 164 cm³/mol. The van der Waals surface area contributed by atoms with Crippen LogP contribution in [0.5, 0.6) is 0 Å². The second kappa shape index (κ2) is 14.5. The molecule has 0 atom stereocenters. The summed E-state index contributed by atoms with van der Waals surface area (Å²) in [5, 5.41) is 8.47. The van der Waals surface area contributed by atoms with Gasteiger partial charge in [-0.05, 0) is 45.0 Å². The molecule has 6 rings (SSSR count). The molecular formula is C31H30N4OS2. The molecule has 0 unspecified atom stereocenters. The maximum Gasteiger partial charge on any atom is 0.126 e. The third kappa shape index (κ3) is 9.03. The molecule has 6 aromatic rings. The van der Waals surface area contributed by atoms with Gasteiger partial charge < -0.3 is 10.5 Å². The number of nitrogens with two attached hydrogens (primary N) is 1. The van der Waals surface area contributed by atoms with Gasteiger partial charge >= 0.3 is 0 Å². The fourth-order valence-electron chi connectivity index (χ4n) is 3.15. The number of nitrogens with one attached hydrogen (secondary N) is 1. The second-order valence-electron chi connectivity index (χ2n) is 8.30. The number of hydrogen-bond donors (Lipinski definition) is 2. The fraction of sp³-hybridized carbons (Fsp3) is 0.0968. The van der Waals surface area contributed by atoms with E-state index in [0.29, 0.717) is 0 Å². The first kappa shape index (κ1) is 28.4. The van der Waals surface area contributed by atoms with Crippen LogP contribution in [0.1, 0.15) is 20.8 Å². The molecule has 38 heavy (non-hydrogen) atoms. The molecule has 0 saturated heterocycles. The Morgan fingerprint density at radius 3 is 1.21 bits per heavy atom. The Hall–Kier alpha value is -4.20. The number of thiazole rings is 2. The maximum absolute atomic E-state index is 9.44. The topological polar surface area (TPSA) is 92.7 Å². The Labute approximate surface area is 231 Å². The van der Waals surface area contributed by atoms with Crippen molar-refractivity contribution in [2.24, 2.45) is 5.73 Å². The highest BCUT2D eigenvalue weighted by Gasteiger charge is 2.05. The van der Waals surface area contributed by atoms with Gasteiger partial charge in [0, 0.05) is 11.1 Å². The number of aromatic nitrogens is 2. The molecule has 4 aromatic carbocycles. The van der Waals surface area contributed by atoms with E-state index in [1.807, 2.05) is 48.5 Å². The summed E-state index contributed by atoms with van der Waals surface area (Å²) in [5.41, 5.74) is 9.25. The van der Waals surface area contributed by atoms with Crippen LogP contribution in [-0.4, -0.2) is 21.6 Å². The molecule has 0 aliphatic rings. The van der Waals surface area contributed by atoms with E-state index in [4.69, 9.17) is 11.1 Å². The zero-order valence-corrected chi connectivity index (χ0v) is 23.2. The summed E-state index contributed by atoms with van der Waals surface area (Å²) in [4.78, 5) is 18.6. The van der Waals surface area contributed by atoms with E-state index >= 15 is 0 Å². The third-order valence-corrected chi connectivity index (χ3v) is 6.80. The fourth-order valence-corrected chi connectivity index (χ4v) is 5.10. The van der Waals surface area contributed by atoms with Crippen LogP contribution in [0.15, 0.2) is 109 Å². The van der Waals surface area contributed by atoms with Crippen molar-refractivity contribution in [3.05, 3.63) is 109 Å². The van der Waals surface area contributed by atoms with Crippen LogP contribution >= 0.6 is 22.7 Å². The number of amidine groups is 1. The van der Waals surface area contributed by atoms with Gasteiger partial charge in [0.2, 0.25) is 0 Å². The first-order valence-electron chi connectivity index (χ1n) is 11.9. The molecule has 0 saturated carbocycles. The number of nitrogens with zero attached hydrogens (tertiary/aromatic N) is 2. The van der Waals surface area contributed by atoms with Crippen LogP contribution in [0.25, 0.3) is 41.6 Å². The van der Waals surface area contributed by atoms with E-state index in [2.05, 4.69) is 70.6 Å². The van der Waals surface area contributed by atoms with Gasteiger partial charge in [-0.3, -0.25) is 5.41 Å². The van der Waals surface area contributed by atoms with Gasteiger partial charge in [0.1, 0.15) is 15.8 Å². The molecule has 3 N–H and O–H groups in total. The van der Waals surface area contributed by atoms with Crippen molar-refractivity contribution in [3.63, 3.8) is 0 Å². The number of fused-ring (bicyclic) bond motifs is 2. The normalized spacial score (nSPS) is 9.76. The Morgan fingerprint density at radius 2 is 0.895 bits per heavy atom. The molecule has 192 valence electrons. The van der Waals surface area contributed by atoms with Gasteiger partial charge in [0.05, 0.1) is 26.3 Å². The Balaban J connectivity index is 0.000000165. The van der Waals surface area contributed by atoms with E-state index < -0.39 is 0 Å². The summed E-state index contributed by atoms with van der Waals surface area (Å²) < 4.78 is 2.49. The SMILES string of the molecule is CC(=N)N.CC(C)=O.c1ccc(-c2nc3ccccc3s2)cc1.c1ccc(-c2nc3ccccc3s2)cc1. The van der Waals surface area contributed by atoms with Gasteiger partial charge in [-0.15, -0.1) is 22.7 Å². The minimum atomic E-state index is 0.167. The van der Waals surface area contributed by atoms with Crippen molar-refractivity contribution < 1.29 is 4.79 Å². The van der Waals surface area contributed by atoms with E-state index in [9.17, 15) is 4.79 Å². The molecule has 0 spiro atoms. The third-order valence-electron chi connectivity index (χ3n) is 4.63. The van der Waals surface area contributed by atoms with Gasteiger partial charge in [-0.2, -0.15) is 0 Å². The van der Waals surface area contributed by atoms with Crippen molar-refractivity contribution in [2.75, 3.05) is 0 Å². The van der Waals surface area contributed by atoms with E-state index in [1.165, 1.54) is 41.3 Å². The van der Waals surface area contributed by atoms with Crippen molar-refractivity contribution >= 4 is 54.7 Å². The summed E-state index contributed by atoms with van der Waals surface area (Å²) in [5.74, 6) is 0.333. The number of rotatable bonds is 2. The van der Waals surface area contributed by atoms with Crippen molar-refractivity contribution in [1.29, 1.82) is 5.41 Å². The van der Waals surface area contributed by atoms with E-state index in [1.54, 1.807) is 22.7 Å². The molecule has 0 aliphatic heterocycles. The zero-order valence-electron chi connectivity index (χ0n) is 21.6. The highest BCUT2D eigenvalue weighted by molar-refractivity contribution is 7.22. The van der Waals surface area contributed by atoms with Crippen LogP contribution in [0.3, 0.4) is 0 Å². The summed E-state index contributed by atoms with van der Waals surface area (Å²) in [6.07, 6.45) is 0. The molecule has 0 radical (unpaired) electrons. The molecular weight excluding hydrogens is 509 g/mol. The number of ketones is 1. The second-order valence-corrected chi connectivity index (χ2v) is 10.4. The lowest BCUT2D eigenvalue weighted by Gasteiger charge is -1.92. The summed E-state index contributed by atoms with van der Waals surface area (Å²) >= 11 is 3.48. The Morgan fingerprint density at radius 1 is 0.605 bits per heavy atom. The average Bonchev–Trinajstić information content (AvgIpc) is 3.54. The molecule has 0 aliphatic carbocycles. The monoisotopic (exact) mass is 538 g/mol. The number of hydrogen-bond acceptors (Lipinski definition) is 6. The summed E-state index contributed by atoms with van der Waals surface area (Å²) in [6.45, 7) is 4.58. The highest BCUT2D eigenvalue weighted by Crippen LogP contribution is 2.30. The largest absolute Gasteiger partial charge is 0.388 e. The first-order chi connectivity index (χ1) is 18.3. The van der Waals surface area contributed by atoms with Crippen LogP contribution in [0.4, 0.5) is 0 Å². The zero-order chi connectivity index (χ0) is 27.3. The van der Waals surface area contributed by atoms with E-state index in [0.717, 1.165) is 21.0 Å². The molecule has 7 heteroatoms. The lowest BCUT2D eigenvalue weighted by Crippen LogP contribution is -2.00. The van der Waals surface area contributed by atoms with Gasteiger partial charge in [-0.25, -0.2) is 9.97 Å². The standard InChI is InChI=1S/2C13H9NS.C3H6O.C2H6N2/c2*1-2-6-10(7-3-1)13-14-11-8-4-5-9-12(11)15-13;1-3(2)4;1-2(3)4/h2*1-9H;1-2H3;1H3,(H3,3,4). The van der Waals surface area contributed by atoms with Crippen LogP contribution in [0, 0.1) is 5.41 Å². The molecule has 5 nitrogen and oxygen atoms in total. The number of Topliss-reactive ketones (excluding diaryl/α,β-unsaturated/α-hetero) is 1. The quantitative estimate of drug-likeness (QED) is 0.171. The molecule has 2 heterocycles.